The largest absolute Gasteiger partial charge is 0.496 e. The second-order valence-corrected chi connectivity index (χ2v) is 4.80. The average Bonchev–Trinajstić information content (AvgIpc) is 2.37. The standard InChI is InChI=1S/C14H23NO3/c1-10(2)13-7-11(5-6-14(13)18-4)15(3)8-12(17)9-16/h5-7,10,12,16-17H,8-9H2,1-4H3. The molecule has 0 aliphatic carbocycles. The minimum Gasteiger partial charge on any atom is -0.496 e. The maximum Gasteiger partial charge on any atom is 0.122 e. The van der Waals surface area contributed by atoms with Crippen molar-refractivity contribution in [2.24, 2.45) is 0 Å². The Morgan fingerprint density at radius 1 is 1.33 bits per heavy atom. The van der Waals surface area contributed by atoms with Crippen molar-refractivity contribution in [1.82, 2.24) is 0 Å². The normalized spacial score (nSPS) is 12.6. The molecule has 0 saturated carbocycles. The molecule has 0 saturated heterocycles. The quantitative estimate of drug-likeness (QED) is 0.808. The lowest BCUT2D eigenvalue weighted by Gasteiger charge is -2.23. The van der Waals surface area contributed by atoms with Crippen molar-refractivity contribution in [3.8, 4) is 5.75 Å². The molecule has 1 aromatic carbocycles. The van der Waals surface area contributed by atoms with Crippen LogP contribution in [0.2, 0.25) is 0 Å². The van der Waals surface area contributed by atoms with Crippen molar-refractivity contribution in [2.45, 2.75) is 25.9 Å². The van der Waals surface area contributed by atoms with Gasteiger partial charge in [-0.15, -0.1) is 0 Å². The monoisotopic (exact) mass is 253 g/mol. The summed E-state index contributed by atoms with van der Waals surface area (Å²) in [7, 11) is 3.56. The van der Waals surface area contributed by atoms with Gasteiger partial charge in [0, 0.05) is 19.3 Å². The van der Waals surface area contributed by atoms with Crippen molar-refractivity contribution in [1.29, 1.82) is 0 Å². The number of aliphatic hydroxyl groups excluding tert-OH is 2. The number of hydrogen-bond acceptors (Lipinski definition) is 4. The fraction of sp³-hybridized carbons (Fsp3) is 0.571. The number of methoxy groups -OCH3 is 1. The molecule has 102 valence electrons. The van der Waals surface area contributed by atoms with E-state index >= 15 is 0 Å². The summed E-state index contributed by atoms with van der Waals surface area (Å²) in [4.78, 5) is 1.92. The summed E-state index contributed by atoms with van der Waals surface area (Å²) in [5.41, 5.74) is 2.15. The van der Waals surface area contributed by atoms with Crippen LogP contribution in [0.3, 0.4) is 0 Å². The molecular formula is C14H23NO3. The van der Waals surface area contributed by atoms with Crippen molar-refractivity contribution in [2.75, 3.05) is 32.2 Å². The van der Waals surface area contributed by atoms with Gasteiger partial charge in [0.1, 0.15) is 5.75 Å². The number of hydrogen-bond donors (Lipinski definition) is 2. The van der Waals surface area contributed by atoms with Gasteiger partial charge in [-0.3, -0.25) is 0 Å². The van der Waals surface area contributed by atoms with Crippen LogP contribution < -0.4 is 9.64 Å². The van der Waals surface area contributed by atoms with Crippen LogP contribution in [0.5, 0.6) is 5.75 Å². The van der Waals surface area contributed by atoms with Gasteiger partial charge < -0.3 is 19.8 Å². The summed E-state index contributed by atoms with van der Waals surface area (Å²) < 4.78 is 5.34. The predicted molar refractivity (Wildman–Crippen MR) is 73.4 cm³/mol. The first-order valence-corrected chi connectivity index (χ1v) is 6.17. The molecule has 0 fully saturated rings. The van der Waals surface area contributed by atoms with E-state index in [0.717, 1.165) is 17.0 Å². The van der Waals surface area contributed by atoms with Gasteiger partial charge in [0.25, 0.3) is 0 Å². The van der Waals surface area contributed by atoms with Crippen LogP contribution in [0, 0.1) is 0 Å². The van der Waals surface area contributed by atoms with Gasteiger partial charge in [-0.1, -0.05) is 13.8 Å². The Kier molecular flexibility index (Phi) is 5.44. The van der Waals surface area contributed by atoms with Crippen LogP contribution in [0.1, 0.15) is 25.3 Å². The SMILES string of the molecule is COc1ccc(N(C)CC(O)CO)cc1C(C)C. The average molecular weight is 253 g/mol. The number of benzene rings is 1. The number of aliphatic hydroxyl groups is 2. The lowest BCUT2D eigenvalue weighted by atomic mass is 10.0. The summed E-state index contributed by atoms with van der Waals surface area (Å²) in [6, 6.07) is 5.95. The lowest BCUT2D eigenvalue weighted by Crippen LogP contribution is -2.31. The van der Waals surface area contributed by atoms with E-state index in [9.17, 15) is 5.11 Å². The second kappa shape index (κ2) is 6.61. The van der Waals surface area contributed by atoms with Gasteiger partial charge in [0.05, 0.1) is 19.8 Å². The molecule has 1 aromatic rings. The number of ether oxygens (including phenoxy) is 1. The first-order chi connectivity index (χ1) is 8.49. The van der Waals surface area contributed by atoms with Crippen molar-refractivity contribution < 1.29 is 14.9 Å². The highest BCUT2D eigenvalue weighted by Gasteiger charge is 2.12. The zero-order valence-corrected chi connectivity index (χ0v) is 11.6. The van der Waals surface area contributed by atoms with Crippen LogP contribution in [0.15, 0.2) is 18.2 Å². The highest BCUT2D eigenvalue weighted by Crippen LogP contribution is 2.30. The van der Waals surface area contributed by atoms with Crippen LogP contribution in [-0.2, 0) is 0 Å². The molecule has 18 heavy (non-hydrogen) atoms. The van der Waals surface area contributed by atoms with E-state index in [0.29, 0.717) is 12.5 Å². The maximum absolute atomic E-state index is 9.45. The third-order valence-electron chi connectivity index (χ3n) is 2.97. The Bertz CT molecular complexity index is 379. The minimum atomic E-state index is -0.723. The van der Waals surface area contributed by atoms with E-state index in [2.05, 4.69) is 19.9 Å². The van der Waals surface area contributed by atoms with Crippen molar-refractivity contribution in [3.05, 3.63) is 23.8 Å². The molecule has 4 nitrogen and oxygen atoms in total. The summed E-state index contributed by atoms with van der Waals surface area (Å²) in [6.45, 7) is 4.41. The van der Waals surface area contributed by atoms with E-state index in [1.54, 1.807) is 7.11 Å². The highest BCUT2D eigenvalue weighted by molar-refractivity contribution is 5.53. The Morgan fingerprint density at radius 3 is 2.50 bits per heavy atom. The summed E-state index contributed by atoms with van der Waals surface area (Å²) >= 11 is 0. The molecular weight excluding hydrogens is 230 g/mol. The van der Waals surface area contributed by atoms with Gasteiger partial charge in [0.2, 0.25) is 0 Å². The molecule has 1 rings (SSSR count). The number of likely N-dealkylation sites (N-methyl/N-ethyl adjacent to an activating group) is 1. The molecule has 4 heteroatoms. The zero-order valence-electron chi connectivity index (χ0n) is 11.6. The first-order valence-electron chi connectivity index (χ1n) is 6.17. The molecule has 0 spiro atoms. The predicted octanol–water partition coefficient (Wildman–Crippen LogP) is 1.61. The number of rotatable bonds is 6. The van der Waals surface area contributed by atoms with E-state index in [1.165, 1.54) is 0 Å². The van der Waals surface area contributed by atoms with Crippen LogP contribution >= 0.6 is 0 Å². The van der Waals surface area contributed by atoms with E-state index in [4.69, 9.17) is 9.84 Å². The first kappa shape index (κ1) is 14.8. The van der Waals surface area contributed by atoms with Crippen LogP contribution in [0.4, 0.5) is 5.69 Å². The Hall–Kier alpha value is -1.26. The summed E-state index contributed by atoms with van der Waals surface area (Å²) in [5, 5.41) is 18.3. The summed E-state index contributed by atoms with van der Waals surface area (Å²) in [6.07, 6.45) is -0.723. The Morgan fingerprint density at radius 2 is 2.00 bits per heavy atom. The van der Waals surface area contributed by atoms with E-state index in [-0.39, 0.29) is 6.61 Å². The van der Waals surface area contributed by atoms with E-state index < -0.39 is 6.10 Å². The fourth-order valence-corrected chi connectivity index (χ4v) is 1.89. The topological polar surface area (TPSA) is 52.9 Å². The number of anilines is 1. The molecule has 1 atom stereocenters. The Balaban J connectivity index is 2.93. The van der Waals surface area contributed by atoms with Gasteiger partial charge in [-0.05, 0) is 29.7 Å². The molecule has 2 N–H and O–H groups in total. The number of nitrogens with zero attached hydrogens (tertiary/aromatic N) is 1. The summed E-state index contributed by atoms with van der Waals surface area (Å²) in [5.74, 6) is 1.25. The molecule has 0 aliphatic heterocycles. The second-order valence-electron chi connectivity index (χ2n) is 4.80. The maximum atomic E-state index is 9.45. The minimum absolute atomic E-state index is 0.225. The van der Waals surface area contributed by atoms with Crippen molar-refractivity contribution in [3.63, 3.8) is 0 Å². The molecule has 0 aliphatic rings. The molecule has 0 heterocycles. The van der Waals surface area contributed by atoms with Crippen LogP contribution in [-0.4, -0.2) is 43.6 Å². The molecule has 0 bridgehead atoms. The van der Waals surface area contributed by atoms with E-state index in [1.807, 2.05) is 24.1 Å². The van der Waals surface area contributed by atoms with Gasteiger partial charge in [-0.25, -0.2) is 0 Å². The Labute approximate surface area is 109 Å². The van der Waals surface area contributed by atoms with Crippen LogP contribution in [0.25, 0.3) is 0 Å². The molecule has 0 aromatic heterocycles. The molecule has 0 radical (unpaired) electrons. The van der Waals surface area contributed by atoms with Crippen molar-refractivity contribution >= 4 is 5.69 Å². The zero-order chi connectivity index (χ0) is 13.7. The highest BCUT2D eigenvalue weighted by atomic mass is 16.5. The molecule has 1 unspecified atom stereocenters. The lowest BCUT2D eigenvalue weighted by molar-refractivity contribution is 0.101. The molecule has 0 amide bonds. The van der Waals surface area contributed by atoms with Gasteiger partial charge in [-0.2, -0.15) is 0 Å². The third-order valence-corrected chi connectivity index (χ3v) is 2.97. The fourth-order valence-electron chi connectivity index (χ4n) is 1.89. The smallest absolute Gasteiger partial charge is 0.122 e. The van der Waals surface area contributed by atoms with Gasteiger partial charge >= 0.3 is 0 Å². The van der Waals surface area contributed by atoms with Gasteiger partial charge in [0.15, 0.2) is 0 Å². The third kappa shape index (κ3) is 3.62.